The van der Waals surface area contributed by atoms with Gasteiger partial charge in [0.1, 0.15) is 6.04 Å². The Balaban J connectivity index is 1.75. The maximum Gasteiger partial charge on any atom is 0.245 e. The molecule has 4 heteroatoms. The van der Waals surface area contributed by atoms with Gasteiger partial charge in [-0.2, -0.15) is 5.26 Å². The van der Waals surface area contributed by atoms with Crippen LogP contribution in [-0.2, 0) is 11.8 Å². The fourth-order valence-electron chi connectivity index (χ4n) is 2.56. The summed E-state index contributed by atoms with van der Waals surface area (Å²) in [6.45, 7) is 0. The molecule has 1 aliphatic carbocycles. The molecule has 0 bridgehead atoms. The fourth-order valence-corrected chi connectivity index (χ4v) is 2.56. The van der Waals surface area contributed by atoms with Crippen LogP contribution in [0.4, 0.5) is 0 Å². The van der Waals surface area contributed by atoms with E-state index in [0.717, 1.165) is 29.3 Å². The molecule has 106 valence electrons. The summed E-state index contributed by atoms with van der Waals surface area (Å²) >= 11 is 0. The van der Waals surface area contributed by atoms with Crippen LogP contribution in [0.5, 0.6) is 0 Å². The SMILES string of the molecule is Cn1cc(C=CC(=O)NC(C#N)C2CC2)c2ccccc21. The maximum atomic E-state index is 11.9. The van der Waals surface area contributed by atoms with Gasteiger partial charge < -0.3 is 9.88 Å². The highest BCUT2D eigenvalue weighted by atomic mass is 16.1. The van der Waals surface area contributed by atoms with Crippen molar-refractivity contribution in [1.29, 1.82) is 5.26 Å². The lowest BCUT2D eigenvalue weighted by Crippen LogP contribution is -2.33. The zero-order valence-corrected chi connectivity index (χ0v) is 11.9. The predicted molar refractivity (Wildman–Crippen MR) is 82.2 cm³/mol. The number of amides is 1. The predicted octanol–water partition coefficient (Wildman–Crippen LogP) is 2.61. The molecule has 0 aliphatic heterocycles. The minimum atomic E-state index is -0.352. The van der Waals surface area contributed by atoms with E-state index in [9.17, 15) is 4.79 Å². The van der Waals surface area contributed by atoms with Gasteiger partial charge in [-0.1, -0.05) is 18.2 Å². The number of aromatic nitrogens is 1. The third-order valence-electron chi connectivity index (χ3n) is 3.87. The number of para-hydroxylation sites is 1. The van der Waals surface area contributed by atoms with Crippen LogP contribution in [0.15, 0.2) is 36.5 Å². The molecule has 0 spiro atoms. The van der Waals surface area contributed by atoms with Crippen molar-refractivity contribution in [2.45, 2.75) is 18.9 Å². The molecule has 1 fully saturated rings. The number of carbonyl (C=O) groups excluding carboxylic acids is 1. The third kappa shape index (κ3) is 2.82. The number of fused-ring (bicyclic) bond motifs is 1. The molecule has 1 aromatic heterocycles. The summed E-state index contributed by atoms with van der Waals surface area (Å²) in [4.78, 5) is 11.9. The summed E-state index contributed by atoms with van der Waals surface area (Å²) in [6, 6.07) is 9.87. The maximum absolute atomic E-state index is 11.9. The van der Waals surface area contributed by atoms with Crippen LogP contribution in [0, 0.1) is 17.2 Å². The van der Waals surface area contributed by atoms with E-state index in [2.05, 4.69) is 11.4 Å². The van der Waals surface area contributed by atoms with E-state index in [4.69, 9.17) is 5.26 Å². The lowest BCUT2D eigenvalue weighted by Gasteiger charge is -2.07. The van der Waals surface area contributed by atoms with Gasteiger partial charge in [0.05, 0.1) is 6.07 Å². The smallest absolute Gasteiger partial charge is 0.245 e. The molecule has 1 N–H and O–H groups in total. The molecule has 1 atom stereocenters. The Labute approximate surface area is 123 Å². The Morgan fingerprint density at radius 2 is 2.24 bits per heavy atom. The Bertz CT molecular complexity index is 747. The Kier molecular flexibility index (Phi) is 3.49. The Morgan fingerprint density at radius 1 is 1.48 bits per heavy atom. The molecule has 1 saturated carbocycles. The Morgan fingerprint density at radius 3 is 2.95 bits per heavy atom. The van der Waals surface area contributed by atoms with Crippen molar-refractivity contribution in [2.24, 2.45) is 13.0 Å². The van der Waals surface area contributed by atoms with Gasteiger partial charge in [0.25, 0.3) is 0 Å². The molecular formula is C17H17N3O. The van der Waals surface area contributed by atoms with Crippen LogP contribution in [0.2, 0.25) is 0 Å². The number of nitrogens with zero attached hydrogens (tertiary/aromatic N) is 2. The molecule has 4 nitrogen and oxygen atoms in total. The number of benzene rings is 1. The molecule has 3 rings (SSSR count). The topological polar surface area (TPSA) is 57.8 Å². The molecule has 1 unspecified atom stereocenters. The van der Waals surface area contributed by atoms with E-state index in [1.165, 1.54) is 6.08 Å². The van der Waals surface area contributed by atoms with E-state index in [-0.39, 0.29) is 11.9 Å². The average Bonchev–Trinajstić information content (AvgIpc) is 3.29. The molecule has 1 amide bonds. The first-order valence-electron chi connectivity index (χ1n) is 7.11. The zero-order valence-electron chi connectivity index (χ0n) is 11.9. The number of carbonyl (C=O) groups is 1. The summed E-state index contributed by atoms with van der Waals surface area (Å²) in [5.74, 6) is 0.131. The molecule has 0 saturated heterocycles. The van der Waals surface area contributed by atoms with Crippen LogP contribution < -0.4 is 5.32 Å². The average molecular weight is 279 g/mol. The number of hydrogen-bond donors (Lipinski definition) is 1. The van der Waals surface area contributed by atoms with Crippen molar-refractivity contribution < 1.29 is 4.79 Å². The summed E-state index contributed by atoms with van der Waals surface area (Å²) in [6.07, 6.45) is 7.38. The van der Waals surface area contributed by atoms with Crippen LogP contribution in [0.1, 0.15) is 18.4 Å². The molecule has 1 aromatic carbocycles. The lowest BCUT2D eigenvalue weighted by atomic mass is 10.1. The van der Waals surface area contributed by atoms with Gasteiger partial charge in [-0.3, -0.25) is 4.79 Å². The van der Waals surface area contributed by atoms with Crippen molar-refractivity contribution in [3.63, 3.8) is 0 Å². The lowest BCUT2D eigenvalue weighted by molar-refractivity contribution is -0.116. The summed E-state index contributed by atoms with van der Waals surface area (Å²) in [7, 11) is 1.98. The molecular weight excluding hydrogens is 262 g/mol. The second kappa shape index (κ2) is 5.45. The molecule has 1 heterocycles. The number of hydrogen-bond acceptors (Lipinski definition) is 2. The van der Waals surface area contributed by atoms with E-state index >= 15 is 0 Å². The van der Waals surface area contributed by atoms with Crippen LogP contribution in [0.25, 0.3) is 17.0 Å². The summed E-state index contributed by atoms with van der Waals surface area (Å²) in [5, 5.41) is 12.9. The molecule has 2 aromatic rings. The quantitative estimate of drug-likeness (QED) is 0.875. The van der Waals surface area contributed by atoms with Gasteiger partial charge in [-0.15, -0.1) is 0 Å². The number of nitrogens with one attached hydrogen (secondary N) is 1. The minimum absolute atomic E-state index is 0.207. The largest absolute Gasteiger partial charge is 0.350 e. The van der Waals surface area contributed by atoms with Gasteiger partial charge in [0.2, 0.25) is 5.91 Å². The number of nitriles is 1. The van der Waals surface area contributed by atoms with Gasteiger partial charge >= 0.3 is 0 Å². The van der Waals surface area contributed by atoms with E-state index in [0.29, 0.717) is 5.92 Å². The monoisotopic (exact) mass is 279 g/mol. The second-order valence-electron chi connectivity index (χ2n) is 5.50. The fraction of sp³-hybridized carbons (Fsp3) is 0.294. The highest BCUT2D eigenvalue weighted by Crippen LogP contribution is 2.32. The van der Waals surface area contributed by atoms with Crippen LogP contribution in [-0.4, -0.2) is 16.5 Å². The standard InChI is InChI=1S/C17H17N3O/c1-20-11-13(14-4-2-3-5-16(14)20)8-9-17(21)19-15(10-18)12-6-7-12/h2-5,8-9,11-12,15H,6-7H2,1H3,(H,19,21). The third-order valence-corrected chi connectivity index (χ3v) is 3.87. The molecule has 21 heavy (non-hydrogen) atoms. The molecule has 0 radical (unpaired) electrons. The highest BCUT2D eigenvalue weighted by molar-refractivity contribution is 5.96. The van der Waals surface area contributed by atoms with E-state index < -0.39 is 0 Å². The zero-order chi connectivity index (χ0) is 14.8. The van der Waals surface area contributed by atoms with Crippen molar-refractivity contribution in [3.05, 3.63) is 42.1 Å². The summed E-state index contributed by atoms with van der Waals surface area (Å²) in [5.41, 5.74) is 2.13. The highest BCUT2D eigenvalue weighted by Gasteiger charge is 2.31. The van der Waals surface area contributed by atoms with Crippen molar-refractivity contribution in [1.82, 2.24) is 9.88 Å². The Hall–Kier alpha value is -2.54. The van der Waals surface area contributed by atoms with Gasteiger partial charge in [-0.25, -0.2) is 0 Å². The second-order valence-corrected chi connectivity index (χ2v) is 5.50. The van der Waals surface area contributed by atoms with Gasteiger partial charge in [-0.05, 0) is 30.9 Å². The molecule has 1 aliphatic rings. The summed E-state index contributed by atoms with van der Waals surface area (Å²) < 4.78 is 2.04. The van der Waals surface area contributed by atoms with Gasteiger partial charge in [0.15, 0.2) is 0 Å². The van der Waals surface area contributed by atoms with Crippen molar-refractivity contribution in [2.75, 3.05) is 0 Å². The van der Waals surface area contributed by atoms with Crippen molar-refractivity contribution >= 4 is 22.9 Å². The van der Waals surface area contributed by atoms with Crippen molar-refractivity contribution in [3.8, 4) is 6.07 Å². The van der Waals surface area contributed by atoms with E-state index in [1.807, 2.05) is 42.1 Å². The van der Waals surface area contributed by atoms with Gasteiger partial charge in [0, 0.05) is 35.8 Å². The van der Waals surface area contributed by atoms with Crippen LogP contribution >= 0.6 is 0 Å². The number of rotatable bonds is 4. The first-order valence-corrected chi connectivity index (χ1v) is 7.11. The first kappa shape index (κ1) is 13.4. The first-order chi connectivity index (χ1) is 10.2. The minimum Gasteiger partial charge on any atom is -0.350 e. The normalized spacial score (nSPS) is 16.0. The van der Waals surface area contributed by atoms with Crippen LogP contribution in [0.3, 0.4) is 0 Å². The van der Waals surface area contributed by atoms with E-state index in [1.54, 1.807) is 6.08 Å². The number of aryl methyl sites for hydroxylation is 1.